The first kappa shape index (κ1) is 23.3. The van der Waals surface area contributed by atoms with Crippen molar-refractivity contribution in [3.8, 4) is 0 Å². The summed E-state index contributed by atoms with van der Waals surface area (Å²) in [5.41, 5.74) is 2.98. The van der Waals surface area contributed by atoms with Gasteiger partial charge in [-0.05, 0) is 51.1 Å². The molecule has 1 aromatic carbocycles. The molecule has 0 saturated carbocycles. The average molecular weight is 444 g/mol. The van der Waals surface area contributed by atoms with E-state index in [0.717, 1.165) is 42.3 Å². The number of aromatic nitrogens is 1. The fourth-order valence-corrected chi connectivity index (χ4v) is 4.20. The minimum Gasteiger partial charge on any atom is -0.457 e. The molecule has 1 unspecified atom stereocenters. The largest absolute Gasteiger partial charge is 0.457 e. The van der Waals surface area contributed by atoms with E-state index in [9.17, 15) is 14.4 Å². The van der Waals surface area contributed by atoms with E-state index < -0.39 is 5.97 Å². The van der Waals surface area contributed by atoms with Gasteiger partial charge in [0, 0.05) is 47.0 Å². The van der Waals surface area contributed by atoms with Gasteiger partial charge in [-0.15, -0.1) is 11.8 Å². The van der Waals surface area contributed by atoms with Crippen LogP contribution in [0.2, 0.25) is 0 Å². The van der Waals surface area contributed by atoms with Gasteiger partial charge in [0.1, 0.15) is 0 Å². The third kappa shape index (κ3) is 6.08. The van der Waals surface area contributed by atoms with Gasteiger partial charge < -0.3 is 14.0 Å². The smallest absolute Gasteiger partial charge is 0.306 e. The Morgan fingerprint density at radius 1 is 1.13 bits per heavy atom. The zero-order valence-electron chi connectivity index (χ0n) is 18.3. The normalized spacial score (nSPS) is 15.8. The summed E-state index contributed by atoms with van der Waals surface area (Å²) in [7, 11) is 0. The molecule has 0 bridgehead atoms. The number of aryl methyl sites for hydroxylation is 1. The summed E-state index contributed by atoms with van der Waals surface area (Å²) in [6.07, 6.45) is 4.25. The van der Waals surface area contributed by atoms with E-state index in [1.54, 1.807) is 23.9 Å². The van der Waals surface area contributed by atoms with Crippen LogP contribution in [0.3, 0.4) is 0 Å². The molecule has 1 aliphatic heterocycles. The molecule has 1 atom stereocenters. The lowest BCUT2D eigenvalue weighted by Gasteiger charge is -2.14. The van der Waals surface area contributed by atoms with E-state index in [1.807, 2.05) is 38.3 Å². The fraction of sp³-hybridized carbons (Fsp3) is 0.458. The number of benzene rings is 1. The number of nitrogens with zero attached hydrogens (tertiary/aromatic N) is 1. The molecular weight excluding hydrogens is 414 g/mol. The van der Waals surface area contributed by atoms with Crippen LogP contribution in [0.4, 0.5) is 0 Å². The molecule has 1 aromatic heterocycles. The molecule has 31 heavy (non-hydrogen) atoms. The topological polar surface area (TPSA) is 74.6 Å². The van der Waals surface area contributed by atoms with Crippen molar-refractivity contribution in [1.29, 1.82) is 0 Å². The molecule has 7 heteroatoms. The minimum absolute atomic E-state index is 0.0472. The molecule has 1 fully saturated rings. The Hall–Kier alpha value is -2.38. The molecule has 6 nitrogen and oxygen atoms in total. The van der Waals surface area contributed by atoms with Gasteiger partial charge in [0.15, 0.2) is 12.4 Å². The first-order valence-corrected chi connectivity index (χ1v) is 11.8. The molecule has 0 aliphatic carbocycles. The van der Waals surface area contributed by atoms with Crippen molar-refractivity contribution in [2.75, 3.05) is 19.5 Å². The maximum absolute atomic E-state index is 12.6. The van der Waals surface area contributed by atoms with Crippen LogP contribution in [0.1, 0.15) is 57.8 Å². The second kappa shape index (κ2) is 10.8. The van der Waals surface area contributed by atoms with Crippen molar-refractivity contribution < 1.29 is 23.9 Å². The number of carbonyl (C=O) groups excluding carboxylic acids is 3. The molecule has 1 saturated heterocycles. The van der Waals surface area contributed by atoms with Gasteiger partial charge in [-0.3, -0.25) is 14.4 Å². The monoisotopic (exact) mass is 443 g/mol. The lowest BCUT2D eigenvalue weighted by Crippen LogP contribution is -2.18. The Bertz CT molecular complexity index is 942. The SMILES string of the molecule is CSc1ccc(C(=O)CCC(=O)OCC(=O)c2cc(C)n(CC3CCCO3)c2C)cc1. The average Bonchev–Trinajstić information content (AvgIpc) is 3.39. The predicted octanol–water partition coefficient (Wildman–Crippen LogP) is 4.39. The first-order chi connectivity index (χ1) is 14.9. The highest BCUT2D eigenvalue weighted by Crippen LogP contribution is 2.21. The fourth-order valence-electron chi connectivity index (χ4n) is 3.79. The molecule has 2 aromatic rings. The van der Waals surface area contributed by atoms with Gasteiger partial charge in [-0.2, -0.15) is 0 Å². The highest BCUT2D eigenvalue weighted by atomic mass is 32.2. The minimum atomic E-state index is -0.546. The Morgan fingerprint density at radius 3 is 2.52 bits per heavy atom. The molecule has 1 aliphatic rings. The van der Waals surface area contributed by atoms with Gasteiger partial charge in [0.05, 0.1) is 12.5 Å². The van der Waals surface area contributed by atoms with Crippen LogP contribution in [0.25, 0.3) is 0 Å². The van der Waals surface area contributed by atoms with Crippen LogP contribution in [0, 0.1) is 13.8 Å². The summed E-state index contributed by atoms with van der Waals surface area (Å²) in [6, 6.07) is 9.11. The van der Waals surface area contributed by atoms with Crippen molar-refractivity contribution >= 4 is 29.3 Å². The summed E-state index contributed by atoms with van der Waals surface area (Å²) in [5, 5.41) is 0. The highest BCUT2D eigenvalue weighted by Gasteiger charge is 2.22. The van der Waals surface area contributed by atoms with Crippen LogP contribution < -0.4 is 0 Å². The van der Waals surface area contributed by atoms with Crippen molar-refractivity contribution in [1.82, 2.24) is 4.57 Å². The standard InChI is InChI=1S/C24H29NO5S/c1-16-13-21(17(2)25(16)14-19-5-4-12-29-19)23(27)15-30-24(28)11-10-22(26)18-6-8-20(31-3)9-7-18/h6-9,13,19H,4-5,10-12,14-15H2,1-3H3. The van der Waals surface area contributed by atoms with E-state index in [2.05, 4.69) is 4.57 Å². The molecule has 0 amide bonds. The number of ether oxygens (including phenoxy) is 2. The van der Waals surface area contributed by atoms with Gasteiger partial charge in [-0.1, -0.05) is 12.1 Å². The summed E-state index contributed by atoms with van der Waals surface area (Å²) in [5.74, 6) is -0.900. The van der Waals surface area contributed by atoms with Gasteiger partial charge in [0.25, 0.3) is 0 Å². The molecule has 166 valence electrons. The molecule has 2 heterocycles. The molecular formula is C24H29NO5S. The summed E-state index contributed by atoms with van der Waals surface area (Å²) < 4.78 is 12.9. The third-order valence-electron chi connectivity index (χ3n) is 5.62. The Labute approximate surface area is 187 Å². The zero-order valence-corrected chi connectivity index (χ0v) is 19.1. The number of carbonyl (C=O) groups is 3. The maximum atomic E-state index is 12.6. The number of hydrogen-bond donors (Lipinski definition) is 0. The molecule has 0 N–H and O–H groups in total. The van der Waals surface area contributed by atoms with Crippen LogP contribution in [0.5, 0.6) is 0 Å². The number of esters is 1. The van der Waals surface area contributed by atoms with Crippen molar-refractivity contribution in [3.05, 3.63) is 52.8 Å². The number of Topliss-reactive ketones (excluding diaryl/α,β-unsaturated/α-hetero) is 2. The van der Waals surface area contributed by atoms with Gasteiger partial charge in [-0.25, -0.2) is 0 Å². The van der Waals surface area contributed by atoms with Gasteiger partial charge in [0.2, 0.25) is 5.78 Å². The maximum Gasteiger partial charge on any atom is 0.306 e. The zero-order chi connectivity index (χ0) is 22.4. The molecule has 0 radical (unpaired) electrons. The van der Waals surface area contributed by atoms with Crippen LogP contribution in [0.15, 0.2) is 35.2 Å². The van der Waals surface area contributed by atoms with Crippen LogP contribution in [-0.4, -0.2) is 47.7 Å². The summed E-state index contributed by atoms with van der Waals surface area (Å²) >= 11 is 1.60. The number of thioether (sulfide) groups is 1. The van der Waals surface area contributed by atoms with Gasteiger partial charge >= 0.3 is 5.97 Å². The Balaban J connectivity index is 1.48. The lowest BCUT2D eigenvalue weighted by molar-refractivity contribution is -0.142. The van der Waals surface area contributed by atoms with E-state index in [4.69, 9.17) is 9.47 Å². The summed E-state index contributed by atoms with van der Waals surface area (Å²) in [6.45, 7) is 5.06. The van der Waals surface area contributed by atoms with Crippen molar-refractivity contribution in [3.63, 3.8) is 0 Å². The second-order valence-corrected chi connectivity index (χ2v) is 8.65. The van der Waals surface area contributed by atoms with E-state index in [0.29, 0.717) is 11.1 Å². The van der Waals surface area contributed by atoms with E-state index in [-0.39, 0.29) is 37.1 Å². The molecule has 3 rings (SSSR count). The van der Waals surface area contributed by atoms with E-state index in [1.165, 1.54) is 0 Å². The summed E-state index contributed by atoms with van der Waals surface area (Å²) in [4.78, 5) is 38.0. The number of hydrogen-bond acceptors (Lipinski definition) is 6. The van der Waals surface area contributed by atoms with Crippen LogP contribution in [-0.2, 0) is 20.8 Å². The quantitative estimate of drug-likeness (QED) is 0.308. The molecule has 0 spiro atoms. The Morgan fingerprint density at radius 2 is 1.87 bits per heavy atom. The van der Waals surface area contributed by atoms with Crippen LogP contribution >= 0.6 is 11.8 Å². The number of rotatable bonds is 10. The number of ketones is 2. The highest BCUT2D eigenvalue weighted by molar-refractivity contribution is 7.98. The lowest BCUT2D eigenvalue weighted by atomic mass is 10.1. The Kier molecular flexibility index (Phi) is 8.09. The van der Waals surface area contributed by atoms with E-state index >= 15 is 0 Å². The van der Waals surface area contributed by atoms with Crippen molar-refractivity contribution in [2.24, 2.45) is 0 Å². The van der Waals surface area contributed by atoms with Crippen molar-refractivity contribution in [2.45, 2.75) is 57.1 Å². The first-order valence-electron chi connectivity index (χ1n) is 10.5. The third-order valence-corrected chi connectivity index (χ3v) is 6.36. The second-order valence-electron chi connectivity index (χ2n) is 7.77. The predicted molar refractivity (Wildman–Crippen MR) is 120 cm³/mol.